The van der Waals surface area contributed by atoms with Crippen LogP contribution >= 0.6 is 0 Å². The molecule has 1 aliphatic rings. The number of carbonyl (C=O) groups is 1. The van der Waals surface area contributed by atoms with Crippen LogP contribution in [0.25, 0.3) is 0 Å². The number of methoxy groups -OCH3 is 1. The second-order valence-corrected chi connectivity index (χ2v) is 5.02. The molecule has 5 nitrogen and oxygen atoms in total. The number of aliphatic carboxylic acids is 1. The highest BCUT2D eigenvalue weighted by Gasteiger charge is 2.29. The minimum atomic E-state index is -0.778. The average molecular weight is 279 g/mol. The summed E-state index contributed by atoms with van der Waals surface area (Å²) in [5.74, 6) is 0.295. The van der Waals surface area contributed by atoms with Gasteiger partial charge >= 0.3 is 5.97 Å². The number of carboxylic acid groups (broad SMARTS) is 1. The van der Waals surface area contributed by atoms with Crippen LogP contribution in [0.5, 0.6) is 11.5 Å². The molecule has 0 radical (unpaired) electrons. The highest BCUT2D eigenvalue weighted by molar-refractivity contribution is 5.70. The fourth-order valence-corrected chi connectivity index (χ4v) is 2.53. The summed E-state index contributed by atoms with van der Waals surface area (Å²) in [5, 5.41) is 12.6. The van der Waals surface area contributed by atoms with Gasteiger partial charge in [0, 0.05) is 6.07 Å². The van der Waals surface area contributed by atoms with E-state index in [2.05, 4.69) is 5.32 Å². The van der Waals surface area contributed by atoms with Crippen LogP contribution in [0.4, 0.5) is 0 Å². The van der Waals surface area contributed by atoms with E-state index in [1.54, 1.807) is 13.2 Å². The Hall–Kier alpha value is -1.75. The van der Waals surface area contributed by atoms with Gasteiger partial charge in [0.15, 0.2) is 0 Å². The molecule has 0 spiro atoms. The van der Waals surface area contributed by atoms with Gasteiger partial charge in [0.1, 0.15) is 18.1 Å². The molecule has 2 N–H and O–H groups in total. The molecule has 1 heterocycles. The Morgan fingerprint density at radius 3 is 2.75 bits per heavy atom. The molecule has 1 unspecified atom stereocenters. The molecule has 1 saturated heterocycles. The molecule has 1 aliphatic heterocycles. The van der Waals surface area contributed by atoms with Crippen LogP contribution in [0.1, 0.15) is 12.8 Å². The Balaban J connectivity index is 1.95. The summed E-state index contributed by atoms with van der Waals surface area (Å²) in [7, 11) is 1.59. The second-order valence-electron chi connectivity index (χ2n) is 5.02. The maximum absolute atomic E-state index is 11.4. The van der Waals surface area contributed by atoms with Gasteiger partial charge in [0.2, 0.25) is 0 Å². The SMILES string of the molecule is COc1cccc(OCC(C(=O)O)C2CCNCC2)c1. The van der Waals surface area contributed by atoms with Crippen molar-refractivity contribution in [3.8, 4) is 11.5 Å². The lowest BCUT2D eigenvalue weighted by molar-refractivity contribution is -0.145. The number of benzene rings is 1. The molecule has 1 aromatic rings. The lowest BCUT2D eigenvalue weighted by Crippen LogP contribution is -2.37. The minimum absolute atomic E-state index is 0.180. The van der Waals surface area contributed by atoms with Gasteiger partial charge in [-0.1, -0.05) is 6.07 Å². The molecular formula is C15H21NO4. The summed E-state index contributed by atoms with van der Waals surface area (Å²) in [4.78, 5) is 11.4. The molecule has 0 amide bonds. The summed E-state index contributed by atoms with van der Waals surface area (Å²) in [6, 6.07) is 7.23. The number of rotatable bonds is 6. The van der Waals surface area contributed by atoms with Crippen molar-refractivity contribution in [3.63, 3.8) is 0 Å². The quantitative estimate of drug-likeness (QED) is 0.830. The monoisotopic (exact) mass is 279 g/mol. The summed E-state index contributed by atoms with van der Waals surface area (Å²) in [5.41, 5.74) is 0. The smallest absolute Gasteiger partial charge is 0.310 e. The van der Waals surface area contributed by atoms with Crippen LogP contribution in [0.2, 0.25) is 0 Å². The molecule has 5 heteroatoms. The lowest BCUT2D eigenvalue weighted by atomic mass is 9.85. The normalized spacial score (nSPS) is 17.4. The van der Waals surface area contributed by atoms with Crippen molar-refractivity contribution in [1.29, 1.82) is 0 Å². The Morgan fingerprint density at radius 1 is 1.40 bits per heavy atom. The number of hydrogen-bond acceptors (Lipinski definition) is 4. The van der Waals surface area contributed by atoms with Crippen molar-refractivity contribution >= 4 is 5.97 Å². The third-order valence-electron chi connectivity index (χ3n) is 3.74. The molecule has 1 aromatic carbocycles. The molecule has 110 valence electrons. The average Bonchev–Trinajstić information content (AvgIpc) is 2.48. The Morgan fingerprint density at radius 2 is 2.10 bits per heavy atom. The maximum atomic E-state index is 11.4. The fourth-order valence-electron chi connectivity index (χ4n) is 2.53. The van der Waals surface area contributed by atoms with E-state index in [1.807, 2.05) is 18.2 Å². The maximum Gasteiger partial charge on any atom is 0.310 e. The first kappa shape index (κ1) is 14.7. The molecule has 0 aromatic heterocycles. The van der Waals surface area contributed by atoms with Crippen LogP contribution in [-0.4, -0.2) is 37.9 Å². The third-order valence-corrected chi connectivity index (χ3v) is 3.74. The third kappa shape index (κ3) is 3.87. The zero-order chi connectivity index (χ0) is 14.4. The molecule has 20 heavy (non-hydrogen) atoms. The van der Waals surface area contributed by atoms with Gasteiger partial charge in [-0.25, -0.2) is 0 Å². The zero-order valence-corrected chi connectivity index (χ0v) is 11.7. The molecular weight excluding hydrogens is 258 g/mol. The lowest BCUT2D eigenvalue weighted by Gasteiger charge is -2.28. The van der Waals surface area contributed by atoms with E-state index in [4.69, 9.17) is 9.47 Å². The van der Waals surface area contributed by atoms with Gasteiger partial charge in [0.05, 0.1) is 13.0 Å². The van der Waals surface area contributed by atoms with E-state index in [1.165, 1.54) is 0 Å². The van der Waals surface area contributed by atoms with Crippen molar-refractivity contribution in [1.82, 2.24) is 5.32 Å². The first-order valence-corrected chi connectivity index (χ1v) is 6.91. The topological polar surface area (TPSA) is 67.8 Å². The Bertz CT molecular complexity index is 443. The van der Waals surface area contributed by atoms with Crippen LogP contribution in [0.3, 0.4) is 0 Å². The van der Waals surface area contributed by atoms with Crippen LogP contribution in [-0.2, 0) is 4.79 Å². The summed E-state index contributed by atoms with van der Waals surface area (Å²) in [6.07, 6.45) is 1.77. The molecule has 0 bridgehead atoms. The van der Waals surface area contributed by atoms with Gasteiger partial charge < -0.3 is 19.9 Å². The predicted molar refractivity (Wildman–Crippen MR) is 75.2 cm³/mol. The van der Waals surface area contributed by atoms with Crippen molar-refractivity contribution < 1.29 is 19.4 Å². The summed E-state index contributed by atoms with van der Waals surface area (Å²) < 4.78 is 10.8. The van der Waals surface area contributed by atoms with Crippen molar-refractivity contribution in [2.45, 2.75) is 12.8 Å². The van der Waals surface area contributed by atoms with Gasteiger partial charge in [-0.2, -0.15) is 0 Å². The highest BCUT2D eigenvalue weighted by Crippen LogP contribution is 2.25. The minimum Gasteiger partial charge on any atom is -0.497 e. The predicted octanol–water partition coefficient (Wildman–Crippen LogP) is 1.77. The fraction of sp³-hybridized carbons (Fsp3) is 0.533. The zero-order valence-electron chi connectivity index (χ0n) is 11.7. The molecule has 0 aliphatic carbocycles. The van der Waals surface area contributed by atoms with Crippen LogP contribution in [0, 0.1) is 11.8 Å². The van der Waals surface area contributed by atoms with Crippen molar-refractivity contribution in [3.05, 3.63) is 24.3 Å². The molecule has 0 saturated carbocycles. The Kier molecular flexibility index (Phi) is 5.24. The van der Waals surface area contributed by atoms with Gasteiger partial charge in [-0.15, -0.1) is 0 Å². The van der Waals surface area contributed by atoms with E-state index in [0.29, 0.717) is 11.5 Å². The molecule has 1 fully saturated rings. The van der Waals surface area contributed by atoms with Crippen LogP contribution < -0.4 is 14.8 Å². The molecule has 2 rings (SSSR count). The highest BCUT2D eigenvalue weighted by atomic mass is 16.5. The van der Waals surface area contributed by atoms with Gasteiger partial charge in [0.25, 0.3) is 0 Å². The van der Waals surface area contributed by atoms with Gasteiger partial charge in [-0.3, -0.25) is 4.79 Å². The van der Waals surface area contributed by atoms with E-state index in [0.717, 1.165) is 25.9 Å². The number of ether oxygens (including phenoxy) is 2. The van der Waals surface area contributed by atoms with Gasteiger partial charge in [-0.05, 0) is 44.0 Å². The van der Waals surface area contributed by atoms with E-state index in [-0.39, 0.29) is 12.5 Å². The number of carboxylic acids is 1. The van der Waals surface area contributed by atoms with Crippen molar-refractivity contribution in [2.24, 2.45) is 11.8 Å². The number of hydrogen-bond donors (Lipinski definition) is 2. The number of nitrogens with one attached hydrogen (secondary N) is 1. The molecule has 1 atom stereocenters. The first-order chi connectivity index (χ1) is 9.70. The van der Waals surface area contributed by atoms with E-state index >= 15 is 0 Å². The Labute approximate surface area is 118 Å². The van der Waals surface area contributed by atoms with E-state index < -0.39 is 11.9 Å². The standard InChI is InChI=1S/C15H21NO4/c1-19-12-3-2-4-13(9-12)20-10-14(15(17)18)11-5-7-16-8-6-11/h2-4,9,11,14,16H,5-8,10H2,1H3,(H,17,18). The summed E-state index contributed by atoms with van der Waals surface area (Å²) in [6.45, 7) is 1.97. The van der Waals surface area contributed by atoms with Crippen molar-refractivity contribution in [2.75, 3.05) is 26.8 Å². The first-order valence-electron chi connectivity index (χ1n) is 6.91. The van der Waals surface area contributed by atoms with E-state index in [9.17, 15) is 9.90 Å². The largest absolute Gasteiger partial charge is 0.497 e. The van der Waals surface area contributed by atoms with Crippen LogP contribution in [0.15, 0.2) is 24.3 Å². The second kappa shape index (κ2) is 7.14. The number of piperidine rings is 1. The summed E-state index contributed by atoms with van der Waals surface area (Å²) >= 11 is 0.